The van der Waals surface area contributed by atoms with Crippen LogP contribution in [0.4, 0.5) is 5.95 Å². The summed E-state index contributed by atoms with van der Waals surface area (Å²) in [5.41, 5.74) is 3.00. The van der Waals surface area contributed by atoms with Crippen molar-refractivity contribution in [1.29, 1.82) is 0 Å². The van der Waals surface area contributed by atoms with E-state index in [9.17, 15) is 4.79 Å². The number of benzene rings is 1. The summed E-state index contributed by atoms with van der Waals surface area (Å²) < 4.78 is 4.81. The fourth-order valence-corrected chi connectivity index (χ4v) is 1.58. The van der Waals surface area contributed by atoms with Crippen molar-refractivity contribution in [3.63, 3.8) is 0 Å². The van der Waals surface area contributed by atoms with Crippen LogP contribution in [-0.2, 0) is 9.53 Å². The number of hydrogen-bond donors (Lipinski definition) is 2. The van der Waals surface area contributed by atoms with Crippen molar-refractivity contribution in [1.82, 2.24) is 9.97 Å². The predicted octanol–water partition coefficient (Wildman–Crippen LogP) is 1.85. The summed E-state index contributed by atoms with van der Waals surface area (Å²) in [6.45, 7) is 4.31. The Morgan fingerprint density at radius 2 is 2.35 bits per heavy atom. The quantitative estimate of drug-likeness (QED) is 0.791. The first kappa shape index (κ1) is 11.4. The maximum atomic E-state index is 11.2. The molecule has 0 amide bonds. The van der Waals surface area contributed by atoms with Gasteiger partial charge < -0.3 is 15.0 Å². The van der Waals surface area contributed by atoms with Crippen LogP contribution in [0.25, 0.3) is 11.0 Å². The molecule has 5 heteroatoms. The molecule has 0 fully saturated rings. The molecular weight excluding hydrogens is 218 g/mol. The van der Waals surface area contributed by atoms with Crippen molar-refractivity contribution in [3.05, 3.63) is 23.8 Å². The van der Waals surface area contributed by atoms with Crippen molar-refractivity contribution in [2.45, 2.75) is 13.8 Å². The Bertz CT molecular complexity index is 534. The first-order chi connectivity index (χ1) is 8.19. The molecule has 1 aromatic carbocycles. The highest BCUT2D eigenvalue weighted by Crippen LogP contribution is 2.15. The number of esters is 1. The van der Waals surface area contributed by atoms with Gasteiger partial charge >= 0.3 is 5.97 Å². The van der Waals surface area contributed by atoms with E-state index in [-0.39, 0.29) is 12.5 Å². The van der Waals surface area contributed by atoms with Gasteiger partial charge in [-0.25, -0.2) is 4.98 Å². The van der Waals surface area contributed by atoms with E-state index in [0.29, 0.717) is 12.6 Å². The van der Waals surface area contributed by atoms with E-state index in [1.54, 1.807) is 6.92 Å². The van der Waals surface area contributed by atoms with Crippen LogP contribution >= 0.6 is 0 Å². The Morgan fingerprint density at radius 1 is 1.53 bits per heavy atom. The zero-order chi connectivity index (χ0) is 12.3. The third-order valence-corrected chi connectivity index (χ3v) is 2.34. The third kappa shape index (κ3) is 2.75. The zero-order valence-electron chi connectivity index (χ0n) is 9.91. The summed E-state index contributed by atoms with van der Waals surface area (Å²) in [5, 5.41) is 2.90. The van der Waals surface area contributed by atoms with Gasteiger partial charge in [0.2, 0.25) is 5.95 Å². The van der Waals surface area contributed by atoms with E-state index in [0.717, 1.165) is 16.6 Å². The third-order valence-electron chi connectivity index (χ3n) is 2.34. The highest BCUT2D eigenvalue weighted by molar-refractivity contribution is 5.79. The molecule has 0 spiro atoms. The summed E-state index contributed by atoms with van der Waals surface area (Å²) >= 11 is 0. The van der Waals surface area contributed by atoms with Gasteiger partial charge in [-0.15, -0.1) is 0 Å². The number of aryl methyl sites for hydroxylation is 1. The minimum absolute atomic E-state index is 0.118. The van der Waals surface area contributed by atoms with E-state index < -0.39 is 0 Å². The Labute approximate surface area is 99.2 Å². The van der Waals surface area contributed by atoms with Crippen molar-refractivity contribution in [2.24, 2.45) is 0 Å². The first-order valence-electron chi connectivity index (χ1n) is 5.55. The van der Waals surface area contributed by atoms with Crippen LogP contribution in [0.2, 0.25) is 0 Å². The van der Waals surface area contributed by atoms with Gasteiger partial charge in [0.05, 0.1) is 17.6 Å². The van der Waals surface area contributed by atoms with Gasteiger partial charge in [-0.3, -0.25) is 4.79 Å². The first-order valence-corrected chi connectivity index (χ1v) is 5.55. The SMILES string of the molecule is CCOC(=O)CNc1nc2ccc(C)cc2[nH]1. The second-order valence-electron chi connectivity index (χ2n) is 3.76. The normalized spacial score (nSPS) is 10.5. The molecule has 0 saturated carbocycles. The largest absolute Gasteiger partial charge is 0.465 e. The Kier molecular flexibility index (Phi) is 3.27. The van der Waals surface area contributed by atoms with Crippen LogP contribution < -0.4 is 5.32 Å². The molecule has 2 aromatic rings. The van der Waals surface area contributed by atoms with Crippen molar-refractivity contribution >= 4 is 23.0 Å². The number of aromatic nitrogens is 2. The summed E-state index contributed by atoms with van der Waals surface area (Å²) in [5.74, 6) is 0.294. The van der Waals surface area contributed by atoms with Crippen LogP contribution in [0, 0.1) is 6.92 Å². The van der Waals surface area contributed by atoms with Crippen LogP contribution in [-0.4, -0.2) is 29.1 Å². The minimum atomic E-state index is -0.288. The number of rotatable bonds is 4. The van der Waals surface area contributed by atoms with Crippen LogP contribution in [0.5, 0.6) is 0 Å². The lowest BCUT2D eigenvalue weighted by Gasteiger charge is -2.01. The highest BCUT2D eigenvalue weighted by Gasteiger charge is 2.05. The summed E-state index contributed by atoms with van der Waals surface area (Å²) in [7, 11) is 0. The standard InChI is InChI=1S/C12H15N3O2/c1-3-17-11(16)7-13-12-14-9-5-4-8(2)6-10(9)15-12/h4-6H,3,7H2,1-2H3,(H2,13,14,15). The second kappa shape index (κ2) is 4.86. The monoisotopic (exact) mass is 233 g/mol. The Morgan fingerprint density at radius 3 is 3.12 bits per heavy atom. The summed E-state index contributed by atoms with van der Waals surface area (Å²) in [4.78, 5) is 18.6. The number of aromatic amines is 1. The molecule has 0 aliphatic heterocycles. The molecule has 0 bridgehead atoms. The summed E-state index contributed by atoms with van der Waals surface area (Å²) in [6, 6.07) is 5.95. The summed E-state index contributed by atoms with van der Waals surface area (Å²) in [6.07, 6.45) is 0. The Balaban J connectivity index is 2.07. The molecule has 1 heterocycles. The van der Waals surface area contributed by atoms with Gasteiger partial charge in [0.1, 0.15) is 6.54 Å². The number of H-pyrrole nitrogens is 1. The van der Waals surface area contributed by atoms with E-state index >= 15 is 0 Å². The molecule has 0 aliphatic carbocycles. The maximum Gasteiger partial charge on any atom is 0.325 e. The Hall–Kier alpha value is -2.04. The van der Waals surface area contributed by atoms with E-state index in [1.165, 1.54) is 0 Å². The van der Waals surface area contributed by atoms with Gasteiger partial charge in [-0.2, -0.15) is 0 Å². The number of carbonyl (C=O) groups is 1. The molecule has 1 aromatic heterocycles. The van der Waals surface area contributed by atoms with Crippen LogP contribution in [0.15, 0.2) is 18.2 Å². The van der Waals surface area contributed by atoms with Gasteiger partial charge in [-0.1, -0.05) is 6.07 Å². The molecule has 0 saturated heterocycles. The molecule has 0 radical (unpaired) electrons. The zero-order valence-corrected chi connectivity index (χ0v) is 9.91. The van der Waals surface area contributed by atoms with Crippen molar-refractivity contribution in [3.8, 4) is 0 Å². The van der Waals surface area contributed by atoms with Gasteiger partial charge in [-0.05, 0) is 31.5 Å². The number of anilines is 1. The number of hydrogen-bond acceptors (Lipinski definition) is 4. The van der Waals surface area contributed by atoms with E-state index in [4.69, 9.17) is 4.74 Å². The van der Waals surface area contributed by atoms with Gasteiger partial charge in [0.25, 0.3) is 0 Å². The number of nitrogens with zero attached hydrogens (tertiary/aromatic N) is 1. The molecule has 2 N–H and O–H groups in total. The van der Waals surface area contributed by atoms with E-state index in [2.05, 4.69) is 15.3 Å². The molecule has 0 aliphatic rings. The van der Waals surface area contributed by atoms with Crippen LogP contribution in [0.3, 0.4) is 0 Å². The fourth-order valence-electron chi connectivity index (χ4n) is 1.58. The maximum absolute atomic E-state index is 11.2. The number of fused-ring (bicyclic) bond motifs is 1. The van der Waals surface area contributed by atoms with Crippen molar-refractivity contribution in [2.75, 3.05) is 18.5 Å². The molecule has 0 unspecified atom stereocenters. The van der Waals surface area contributed by atoms with Crippen LogP contribution in [0.1, 0.15) is 12.5 Å². The smallest absolute Gasteiger partial charge is 0.325 e. The number of carbonyl (C=O) groups excluding carboxylic acids is 1. The lowest BCUT2D eigenvalue weighted by molar-refractivity contribution is -0.140. The molecule has 0 atom stereocenters. The average molecular weight is 233 g/mol. The lowest BCUT2D eigenvalue weighted by Crippen LogP contribution is -2.17. The topological polar surface area (TPSA) is 67.0 Å². The van der Waals surface area contributed by atoms with Gasteiger partial charge in [0.15, 0.2) is 0 Å². The molecule has 90 valence electrons. The second-order valence-corrected chi connectivity index (χ2v) is 3.76. The lowest BCUT2D eigenvalue weighted by atomic mass is 10.2. The fraction of sp³-hybridized carbons (Fsp3) is 0.333. The molecule has 17 heavy (non-hydrogen) atoms. The van der Waals surface area contributed by atoms with Crippen molar-refractivity contribution < 1.29 is 9.53 Å². The molecule has 2 rings (SSSR count). The number of ether oxygens (including phenoxy) is 1. The highest BCUT2D eigenvalue weighted by atomic mass is 16.5. The average Bonchev–Trinajstić information content (AvgIpc) is 2.68. The van der Waals surface area contributed by atoms with E-state index in [1.807, 2.05) is 25.1 Å². The number of imidazole rings is 1. The molecular formula is C12H15N3O2. The van der Waals surface area contributed by atoms with Gasteiger partial charge in [0, 0.05) is 0 Å². The number of nitrogens with one attached hydrogen (secondary N) is 2. The minimum Gasteiger partial charge on any atom is -0.465 e. The molecule has 5 nitrogen and oxygen atoms in total. The predicted molar refractivity (Wildman–Crippen MR) is 66.0 cm³/mol.